The highest BCUT2D eigenvalue weighted by molar-refractivity contribution is 7.00. The van der Waals surface area contributed by atoms with Gasteiger partial charge in [-0.25, -0.2) is 0 Å². The van der Waals surface area contributed by atoms with Gasteiger partial charge in [-0.15, -0.1) is 0 Å². The number of rotatable bonds is 5. The van der Waals surface area contributed by atoms with Crippen molar-refractivity contribution >= 4 is 28.7 Å². The lowest BCUT2D eigenvalue weighted by molar-refractivity contribution is 0.0936. The minimum atomic E-state index is -0.717. The number of fused-ring (bicyclic) bond motifs is 1. The van der Waals surface area contributed by atoms with Crippen LogP contribution in [-0.2, 0) is 0 Å². The summed E-state index contributed by atoms with van der Waals surface area (Å²) in [6.45, 7) is 0.355. The fourth-order valence-corrected chi connectivity index (χ4v) is 2.49. The molecule has 7 heteroatoms. The van der Waals surface area contributed by atoms with E-state index in [9.17, 15) is 9.90 Å². The minimum absolute atomic E-state index is 0.198. The highest BCUT2D eigenvalue weighted by Gasteiger charge is 2.12. The topological polar surface area (TPSA) is 88.2 Å². The van der Waals surface area contributed by atoms with Gasteiger partial charge in [-0.05, 0) is 36.8 Å². The summed E-state index contributed by atoms with van der Waals surface area (Å²) in [5.74, 6) is 0.302. The molecule has 0 bridgehead atoms. The van der Waals surface area contributed by atoms with Gasteiger partial charge in [-0.3, -0.25) is 4.79 Å². The molecular formula is C14H13N3O3S. The van der Waals surface area contributed by atoms with E-state index in [0.717, 1.165) is 17.2 Å². The van der Waals surface area contributed by atoms with Crippen molar-refractivity contribution in [2.24, 2.45) is 0 Å². The van der Waals surface area contributed by atoms with Gasteiger partial charge in [-0.1, -0.05) is 0 Å². The van der Waals surface area contributed by atoms with Crippen LogP contribution in [0.25, 0.3) is 11.0 Å². The number of aromatic nitrogens is 2. The number of carbonyl (C=O) groups is 1. The number of aliphatic hydroxyl groups excluding tert-OH is 1. The Kier molecular flexibility index (Phi) is 3.94. The Balaban J connectivity index is 1.56. The average Bonchev–Trinajstić information content (AvgIpc) is 3.17. The molecule has 0 saturated carbocycles. The summed E-state index contributed by atoms with van der Waals surface area (Å²) in [6.07, 6.45) is 1.18. The monoisotopic (exact) mass is 303 g/mol. The smallest absolute Gasteiger partial charge is 0.251 e. The van der Waals surface area contributed by atoms with Crippen LogP contribution in [0.2, 0.25) is 0 Å². The van der Waals surface area contributed by atoms with E-state index in [4.69, 9.17) is 4.42 Å². The normalized spacial score (nSPS) is 12.4. The van der Waals surface area contributed by atoms with Crippen LogP contribution in [0.4, 0.5) is 0 Å². The zero-order chi connectivity index (χ0) is 14.7. The lowest BCUT2D eigenvalue weighted by atomic mass is 10.1. The Morgan fingerprint density at radius 1 is 1.33 bits per heavy atom. The van der Waals surface area contributed by atoms with Crippen LogP contribution in [0.15, 0.2) is 41.0 Å². The summed E-state index contributed by atoms with van der Waals surface area (Å²) in [5, 5.41) is 12.6. The number of amides is 1. The van der Waals surface area contributed by atoms with Crippen molar-refractivity contribution in [3.63, 3.8) is 0 Å². The van der Waals surface area contributed by atoms with Crippen molar-refractivity contribution in [3.05, 3.63) is 47.9 Å². The highest BCUT2D eigenvalue weighted by Crippen LogP contribution is 2.16. The summed E-state index contributed by atoms with van der Waals surface area (Å²) in [7, 11) is 0. The molecule has 0 saturated heterocycles. The third-order valence-electron chi connectivity index (χ3n) is 3.09. The van der Waals surface area contributed by atoms with E-state index in [2.05, 4.69) is 14.1 Å². The first-order valence-corrected chi connectivity index (χ1v) is 7.19. The first kappa shape index (κ1) is 13.7. The molecule has 0 unspecified atom stereocenters. The molecule has 0 spiro atoms. The van der Waals surface area contributed by atoms with Crippen molar-refractivity contribution in [3.8, 4) is 0 Å². The Hall–Kier alpha value is -2.25. The predicted octanol–water partition coefficient (Wildman–Crippen LogP) is 2.14. The summed E-state index contributed by atoms with van der Waals surface area (Å²) in [5.41, 5.74) is 2.02. The van der Waals surface area contributed by atoms with E-state index in [-0.39, 0.29) is 5.91 Å². The average molecular weight is 303 g/mol. The van der Waals surface area contributed by atoms with Gasteiger partial charge in [0.1, 0.15) is 22.9 Å². The molecule has 1 aromatic carbocycles. The molecule has 2 N–H and O–H groups in total. The van der Waals surface area contributed by atoms with Crippen molar-refractivity contribution in [2.45, 2.75) is 12.5 Å². The van der Waals surface area contributed by atoms with Gasteiger partial charge >= 0.3 is 0 Å². The Morgan fingerprint density at radius 2 is 2.19 bits per heavy atom. The molecule has 1 atom stereocenters. The van der Waals surface area contributed by atoms with Crippen LogP contribution in [-0.4, -0.2) is 26.3 Å². The van der Waals surface area contributed by atoms with Gasteiger partial charge < -0.3 is 14.8 Å². The van der Waals surface area contributed by atoms with Gasteiger partial charge in [0, 0.05) is 12.1 Å². The minimum Gasteiger partial charge on any atom is -0.467 e. The highest BCUT2D eigenvalue weighted by atomic mass is 32.1. The standard InChI is InChI=1S/C14H13N3O3S/c18-12(13-2-1-7-20-13)5-6-15-14(19)9-3-4-10-11(8-9)17-21-16-10/h1-4,7-8,12,18H,5-6H2,(H,15,19)/t12-/m1/s1. The quantitative estimate of drug-likeness (QED) is 0.754. The summed E-state index contributed by atoms with van der Waals surface area (Å²) in [4.78, 5) is 12.0. The van der Waals surface area contributed by atoms with E-state index < -0.39 is 6.10 Å². The van der Waals surface area contributed by atoms with Gasteiger partial charge in [-0.2, -0.15) is 8.75 Å². The summed E-state index contributed by atoms with van der Waals surface area (Å²) in [6, 6.07) is 8.61. The molecular weight excluding hydrogens is 290 g/mol. The molecule has 3 rings (SSSR count). The third kappa shape index (κ3) is 3.09. The van der Waals surface area contributed by atoms with Crippen LogP contribution in [0.3, 0.4) is 0 Å². The lowest BCUT2D eigenvalue weighted by Gasteiger charge is -2.09. The summed E-state index contributed by atoms with van der Waals surface area (Å²) < 4.78 is 13.3. The van der Waals surface area contributed by atoms with Crippen LogP contribution in [0.5, 0.6) is 0 Å². The number of furan rings is 1. The number of carbonyl (C=O) groups excluding carboxylic acids is 1. The summed E-state index contributed by atoms with van der Waals surface area (Å²) >= 11 is 1.12. The second-order valence-electron chi connectivity index (χ2n) is 4.54. The molecule has 1 amide bonds. The molecule has 0 fully saturated rings. The van der Waals surface area contributed by atoms with Crippen LogP contribution < -0.4 is 5.32 Å². The van der Waals surface area contributed by atoms with Crippen LogP contribution in [0, 0.1) is 0 Å². The first-order valence-electron chi connectivity index (χ1n) is 6.46. The molecule has 108 valence electrons. The second-order valence-corrected chi connectivity index (χ2v) is 5.07. The maximum absolute atomic E-state index is 12.0. The van der Waals surface area contributed by atoms with E-state index in [1.807, 2.05) is 0 Å². The fourth-order valence-electron chi connectivity index (χ4n) is 1.97. The molecule has 0 radical (unpaired) electrons. The molecule has 0 aliphatic carbocycles. The number of hydrogen-bond donors (Lipinski definition) is 2. The van der Waals surface area contributed by atoms with Gasteiger partial charge in [0.05, 0.1) is 18.0 Å². The molecule has 0 aliphatic heterocycles. The van der Waals surface area contributed by atoms with Gasteiger partial charge in [0.25, 0.3) is 5.91 Å². The lowest BCUT2D eigenvalue weighted by Crippen LogP contribution is -2.25. The number of hydrogen-bond acceptors (Lipinski definition) is 6. The number of benzene rings is 1. The maximum Gasteiger partial charge on any atom is 0.251 e. The van der Waals surface area contributed by atoms with Gasteiger partial charge in [0.2, 0.25) is 0 Å². The van der Waals surface area contributed by atoms with E-state index >= 15 is 0 Å². The van der Waals surface area contributed by atoms with Crippen LogP contribution >= 0.6 is 11.7 Å². The SMILES string of the molecule is O=C(NCC[C@@H](O)c1ccco1)c1ccc2nsnc2c1. The van der Waals surface area contributed by atoms with E-state index in [0.29, 0.717) is 29.8 Å². The Morgan fingerprint density at radius 3 is 3.00 bits per heavy atom. The molecule has 3 aromatic rings. The van der Waals surface area contributed by atoms with Crippen molar-refractivity contribution < 1.29 is 14.3 Å². The zero-order valence-electron chi connectivity index (χ0n) is 11.0. The number of aliphatic hydroxyl groups is 1. The molecule has 6 nitrogen and oxygen atoms in total. The fraction of sp³-hybridized carbons (Fsp3) is 0.214. The Labute approximate surface area is 124 Å². The van der Waals surface area contributed by atoms with Gasteiger partial charge in [0.15, 0.2) is 0 Å². The molecule has 21 heavy (non-hydrogen) atoms. The van der Waals surface area contributed by atoms with E-state index in [1.165, 1.54) is 6.26 Å². The van der Waals surface area contributed by atoms with Crippen LogP contribution in [0.1, 0.15) is 28.6 Å². The van der Waals surface area contributed by atoms with Crippen molar-refractivity contribution in [1.82, 2.24) is 14.1 Å². The molecule has 2 aromatic heterocycles. The maximum atomic E-state index is 12.0. The number of nitrogens with zero attached hydrogens (tertiary/aromatic N) is 2. The molecule has 2 heterocycles. The Bertz CT molecular complexity index is 739. The van der Waals surface area contributed by atoms with Crippen molar-refractivity contribution in [1.29, 1.82) is 0 Å². The zero-order valence-corrected chi connectivity index (χ0v) is 11.8. The molecule has 0 aliphatic rings. The first-order chi connectivity index (χ1) is 10.2. The van der Waals surface area contributed by atoms with Crippen molar-refractivity contribution in [2.75, 3.05) is 6.54 Å². The third-order valence-corrected chi connectivity index (χ3v) is 3.65. The largest absolute Gasteiger partial charge is 0.467 e. The second kappa shape index (κ2) is 6.02. The predicted molar refractivity (Wildman–Crippen MR) is 78.0 cm³/mol. The number of nitrogens with one attached hydrogen (secondary N) is 1. The van der Waals surface area contributed by atoms with E-state index in [1.54, 1.807) is 30.3 Å².